The van der Waals surface area contributed by atoms with E-state index >= 15 is 0 Å². The lowest BCUT2D eigenvalue weighted by atomic mass is 10.1. The van der Waals surface area contributed by atoms with Gasteiger partial charge in [0, 0.05) is 19.9 Å². The number of aromatic nitrogens is 1. The van der Waals surface area contributed by atoms with Crippen molar-refractivity contribution in [3.8, 4) is 0 Å². The minimum atomic E-state index is -0.681. The summed E-state index contributed by atoms with van der Waals surface area (Å²) >= 11 is 0. The van der Waals surface area contributed by atoms with Gasteiger partial charge in [-0.25, -0.2) is 4.79 Å². The van der Waals surface area contributed by atoms with Crippen molar-refractivity contribution in [3.05, 3.63) is 40.2 Å². The van der Waals surface area contributed by atoms with E-state index in [1.165, 1.54) is 27.0 Å². The Balaban J connectivity index is 2.79. The van der Waals surface area contributed by atoms with Gasteiger partial charge in [-0.2, -0.15) is 0 Å². The van der Waals surface area contributed by atoms with Gasteiger partial charge in [-0.1, -0.05) is 6.07 Å². The number of carbonyl (C=O) groups is 3. The van der Waals surface area contributed by atoms with Crippen LogP contribution in [0, 0.1) is 0 Å². The number of H-pyrrole nitrogens is 1. The van der Waals surface area contributed by atoms with Crippen LogP contribution in [-0.4, -0.2) is 29.9 Å². The van der Waals surface area contributed by atoms with E-state index in [0.717, 1.165) is 11.0 Å². The van der Waals surface area contributed by atoms with Gasteiger partial charge >= 0.3 is 5.97 Å². The molecule has 7 heteroatoms. The van der Waals surface area contributed by atoms with E-state index < -0.39 is 23.2 Å². The van der Waals surface area contributed by atoms with Crippen LogP contribution in [0.4, 0.5) is 5.69 Å². The Morgan fingerprint density at radius 1 is 1.14 bits per heavy atom. The molecule has 2 aromatic rings. The molecule has 0 unspecified atom stereocenters. The molecule has 0 aliphatic heterocycles. The number of esters is 1. The summed E-state index contributed by atoms with van der Waals surface area (Å²) in [5.41, 5.74) is 0.0136. The third-order valence-corrected chi connectivity index (χ3v) is 3.11. The number of amides is 2. The van der Waals surface area contributed by atoms with Crippen LogP contribution in [0.3, 0.4) is 0 Å². The second-order valence-corrected chi connectivity index (χ2v) is 4.61. The zero-order valence-corrected chi connectivity index (χ0v) is 12.3. The molecule has 0 aliphatic carbocycles. The second-order valence-electron chi connectivity index (χ2n) is 4.61. The van der Waals surface area contributed by atoms with Gasteiger partial charge in [0.05, 0.1) is 23.7 Å². The summed E-state index contributed by atoms with van der Waals surface area (Å²) in [6.07, 6.45) is 0. The van der Waals surface area contributed by atoms with Crippen molar-refractivity contribution in [2.24, 2.45) is 0 Å². The van der Waals surface area contributed by atoms with Crippen LogP contribution in [0.15, 0.2) is 29.1 Å². The maximum atomic E-state index is 12.3. The summed E-state index contributed by atoms with van der Waals surface area (Å²) in [4.78, 5) is 50.9. The molecule has 2 amide bonds. The average molecular weight is 302 g/mol. The van der Waals surface area contributed by atoms with Crippen molar-refractivity contribution in [2.45, 2.75) is 13.8 Å². The number of hydrogen-bond donors (Lipinski definition) is 1. The Kier molecular flexibility index (Phi) is 4.07. The fourth-order valence-corrected chi connectivity index (χ4v) is 2.25. The zero-order chi connectivity index (χ0) is 16.4. The molecule has 1 heterocycles. The van der Waals surface area contributed by atoms with E-state index in [1.807, 2.05) is 0 Å². The number of carbonyl (C=O) groups excluding carboxylic acids is 3. The van der Waals surface area contributed by atoms with Gasteiger partial charge in [0.15, 0.2) is 5.43 Å². The van der Waals surface area contributed by atoms with Crippen LogP contribution in [0.5, 0.6) is 0 Å². The van der Waals surface area contributed by atoms with Gasteiger partial charge in [-0.15, -0.1) is 0 Å². The molecule has 1 aromatic carbocycles. The number of pyridine rings is 1. The molecule has 1 aromatic heterocycles. The first-order chi connectivity index (χ1) is 10.4. The van der Waals surface area contributed by atoms with Crippen LogP contribution in [-0.2, 0) is 14.3 Å². The van der Waals surface area contributed by atoms with E-state index in [4.69, 9.17) is 0 Å². The molecule has 0 saturated heterocycles. The van der Waals surface area contributed by atoms with Crippen LogP contribution in [0.2, 0.25) is 0 Å². The number of ether oxygens (including phenoxy) is 1. The molecular formula is C15H14N2O5. The molecule has 0 saturated carbocycles. The second kappa shape index (κ2) is 5.80. The first kappa shape index (κ1) is 15.4. The van der Waals surface area contributed by atoms with E-state index in [2.05, 4.69) is 9.72 Å². The molecule has 7 nitrogen and oxygen atoms in total. The lowest BCUT2D eigenvalue weighted by Crippen LogP contribution is -2.34. The predicted molar refractivity (Wildman–Crippen MR) is 79.7 cm³/mol. The predicted octanol–water partition coefficient (Wildman–Crippen LogP) is 1.21. The van der Waals surface area contributed by atoms with E-state index in [0.29, 0.717) is 5.52 Å². The van der Waals surface area contributed by atoms with Crippen LogP contribution >= 0.6 is 0 Å². The maximum absolute atomic E-state index is 12.3. The molecular weight excluding hydrogens is 288 g/mol. The van der Waals surface area contributed by atoms with Crippen LogP contribution in [0.1, 0.15) is 24.3 Å². The van der Waals surface area contributed by atoms with Gasteiger partial charge < -0.3 is 9.72 Å². The molecule has 0 bridgehead atoms. The summed E-state index contributed by atoms with van der Waals surface area (Å²) in [5.74, 6) is -1.69. The van der Waals surface area contributed by atoms with Crippen molar-refractivity contribution in [1.82, 2.24) is 4.98 Å². The quantitative estimate of drug-likeness (QED) is 0.841. The number of benzene rings is 1. The number of rotatable bonds is 2. The van der Waals surface area contributed by atoms with Gasteiger partial charge in [0.2, 0.25) is 11.8 Å². The fraction of sp³-hybridized carbons (Fsp3) is 0.200. The largest absolute Gasteiger partial charge is 0.464 e. The van der Waals surface area contributed by atoms with E-state index in [9.17, 15) is 19.2 Å². The van der Waals surface area contributed by atoms with Crippen molar-refractivity contribution in [3.63, 3.8) is 0 Å². The highest BCUT2D eigenvalue weighted by molar-refractivity contribution is 6.17. The number of nitrogens with one attached hydrogen (secondary N) is 1. The molecule has 114 valence electrons. The number of imide groups is 1. The third kappa shape index (κ3) is 2.60. The number of methoxy groups -OCH3 is 1. The highest BCUT2D eigenvalue weighted by Crippen LogP contribution is 2.23. The smallest absolute Gasteiger partial charge is 0.354 e. The maximum Gasteiger partial charge on any atom is 0.354 e. The Morgan fingerprint density at radius 3 is 2.32 bits per heavy atom. The average Bonchev–Trinajstić information content (AvgIpc) is 2.45. The van der Waals surface area contributed by atoms with Crippen molar-refractivity contribution in [2.75, 3.05) is 12.0 Å². The number of fused-ring (bicyclic) bond motifs is 1. The Labute approximate surface area is 125 Å². The summed E-state index contributed by atoms with van der Waals surface area (Å²) in [6, 6.07) is 5.73. The first-order valence-electron chi connectivity index (χ1n) is 6.42. The molecule has 0 fully saturated rings. The molecule has 0 atom stereocenters. The molecule has 0 radical (unpaired) electrons. The van der Waals surface area contributed by atoms with Crippen molar-refractivity contribution >= 4 is 34.4 Å². The third-order valence-electron chi connectivity index (χ3n) is 3.11. The monoisotopic (exact) mass is 302 g/mol. The SMILES string of the molecule is COC(=O)c1cc(=O)c2c(N(C(C)=O)C(C)=O)cccc2[nH]1. The van der Waals surface area contributed by atoms with E-state index in [1.54, 1.807) is 12.1 Å². The number of nitrogens with zero attached hydrogens (tertiary/aromatic N) is 1. The zero-order valence-electron chi connectivity index (χ0n) is 12.3. The minimum absolute atomic E-state index is 0.00523. The molecule has 1 N–H and O–H groups in total. The highest BCUT2D eigenvalue weighted by atomic mass is 16.5. The summed E-state index contributed by atoms with van der Waals surface area (Å²) in [7, 11) is 1.20. The highest BCUT2D eigenvalue weighted by Gasteiger charge is 2.21. The normalized spacial score (nSPS) is 10.3. The van der Waals surface area contributed by atoms with E-state index in [-0.39, 0.29) is 16.8 Å². The van der Waals surface area contributed by atoms with Gasteiger partial charge in [0.1, 0.15) is 5.69 Å². The van der Waals surface area contributed by atoms with Crippen molar-refractivity contribution in [1.29, 1.82) is 0 Å². The fourth-order valence-electron chi connectivity index (χ4n) is 2.25. The molecule has 0 aliphatic rings. The number of aromatic amines is 1. The van der Waals surface area contributed by atoms with Gasteiger partial charge in [-0.05, 0) is 12.1 Å². The molecule has 2 rings (SSSR count). The summed E-state index contributed by atoms with van der Waals surface area (Å²) < 4.78 is 4.57. The van der Waals surface area contributed by atoms with Gasteiger partial charge in [-0.3, -0.25) is 19.3 Å². The summed E-state index contributed by atoms with van der Waals surface area (Å²) in [5, 5.41) is 0.153. The molecule has 0 spiro atoms. The Morgan fingerprint density at radius 2 is 1.77 bits per heavy atom. The minimum Gasteiger partial charge on any atom is -0.464 e. The number of anilines is 1. The Bertz CT molecular complexity index is 823. The van der Waals surface area contributed by atoms with Gasteiger partial charge in [0.25, 0.3) is 0 Å². The lowest BCUT2D eigenvalue weighted by molar-refractivity contribution is -0.124. The summed E-state index contributed by atoms with van der Waals surface area (Å²) in [6.45, 7) is 2.47. The molecule has 22 heavy (non-hydrogen) atoms. The lowest BCUT2D eigenvalue weighted by Gasteiger charge is -2.19. The van der Waals surface area contributed by atoms with Crippen molar-refractivity contribution < 1.29 is 19.1 Å². The van der Waals surface area contributed by atoms with Crippen LogP contribution in [0.25, 0.3) is 10.9 Å². The number of hydrogen-bond acceptors (Lipinski definition) is 5. The first-order valence-corrected chi connectivity index (χ1v) is 6.42. The topological polar surface area (TPSA) is 96.5 Å². The standard InChI is InChI=1S/C15H14N2O5/c1-8(18)17(9(2)19)12-6-4-5-10-14(12)13(20)7-11(16-10)15(21)22-3/h4-7H,1-3H3,(H,16,20). The van der Waals surface area contributed by atoms with Crippen LogP contribution < -0.4 is 10.3 Å². The Hall–Kier alpha value is -2.96.